The van der Waals surface area contributed by atoms with Crippen LogP contribution in [0, 0.1) is 5.92 Å². The Hall–Kier alpha value is -0.990. The minimum atomic E-state index is -0.304. The molecule has 0 bridgehead atoms. The van der Waals surface area contributed by atoms with Crippen LogP contribution in [0.5, 0.6) is 0 Å². The highest BCUT2D eigenvalue weighted by molar-refractivity contribution is 5.81. The summed E-state index contributed by atoms with van der Waals surface area (Å²) in [6, 6.07) is 0. The summed E-state index contributed by atoms with van der Waals surface area (Å²) in [5, 5.41) is 3.14. The van der Waals surface area contributed by atoms with Gasteiger partial charge in [0.25, 0.3) is 0 Å². The molecule has 1 rings (SSSR count). The number of carbonyl (C=O) groups is 1. The average Bonchev–Trinajstić information content (AvgIpc) is 2.25. The molecule has 0 spiro atoms. The van der Waals surface area contributed by atoms with Crippen molar-refractivity contribution >= 4 is 5.97 Å². The number of rotatable bonds is 4. The van der Waals surface area contributed by atoms with Crippen LogP contribution >= 0.6 is 0 Å². The van der Waals surface area contributed by atoms with Crippen molar-refractivity contribution < 1.29 is 9.53 Å². The average molecular weight is 197 g/mol. The van der Waals surface area contributed by atoms with Crippen LogP contribution in [0.4, 0.5) is 0 Å². The summed E-state index contributed by atoms with van der Waals surface area (Å²) in [6.45, 7) is 0.980. The molecule has 3 nitrogen and oxygen atoms in total. The second-order valence-corrected chi connectivity index (χ2v) is 3.77. The van der Waals surface area contributed by atoms with Crippen LogP contribution in [0.2, 0.25) is 0 Å². The van der Waals surface area contributed by atoms with Crippen LogP contribution in [0.25, 0.3) is 0 Å². The summed E-state index contributed by atoms with van der Waals surface area (Å²) >= 11 is 0. The third-order valence-electron chi connectivity index (χ3n) is 2.67. The lowest BCUT2D eigenvalue weighted by Gasteiger charge is -2.21. The second kappa shape index (κ2) is 6.46. The minimum absolute atomic E-state index is 0.304. The maximum Gasteiger partial charge on any atom is 0.331 e. The third kappa shape index (κ3) is 4.30. The molecular weight excluding hydrogens is 178 g/mol. The Balaban J connectivity index is 2.07. The van der Waals surface area contributed by atoms with E-state index in [-0.39, 0.29) is 5.97 Å². The van der Waals surface area contributed by atoms with Gasteiger partial charge in [-0.25, -0.2) is 4.79 Å². The molecule has 1 aliphatic rings. The van der Waals surface area contributed by atoms with E-state index < -0.39 is 0 Å². The fourth-order valence-corrected chi connectivity index (χ4v) is 1.82. The van der Waals surface area contributed by atoms with Gasteiger partial charge in [-0.3, -0.25) is 0 Å². The highest BCUT2D eigenvalue weighted by Gasteiger charge is 2.11. The molecule has 80 valence electrons. The smallest absolute Gasteiger partial charge is 0.331 e. The largest absolute Gasteiger partial charge is 0.466 e. The molecule has 1 saturated carbocycles. The number of carbonyl (C=O) groups excluding carboxylic acids is 1. The van der Waals surface area contributed by atoms with E-state index in [0.717, 1.165) is 12.5 Å². The van der Waals surface area contributed by atoms with E-state index in [1.165, 1.54) is 45.3 Å². The molecule has 0 aromatic rings. The Morgan fingerprint density at radius 3 is 2.79 bits per heavy atom. The van der Waals surface area contributed by atoms with Crippen LogP contribution in [0.15, 0.2) is 12.3 Å². The summed E-state index contributed by atoms with van der Waals surface area (Å²) in [5.41, 5.74) is 0. The third-order valence-corrected chi connectivity index (χ3v) is 2.67. The molecule has 3 heteroatoms. The molecule has 1 aliphatic carbocycles. The van der Waals surface area contributed by atoms with Crippen LogP contribution in [-0.4, -0.2) is 19.6 Å². The first-order valence-corrected chi connectivity index (χ1v) is 5.31. The van der Waals surface area contributed by atoms with Crippen molar-refractivity contribution in [1.82, 2.24) is 5.32 Å². The first-order chi connectivity index (χ1) is 6.83. The monoisotopic (exact) mass is 197 g/mol. The van der Waals surface area contributed by atoms with Crippen LogP contribution in [-0.2, 0) is 9.53 Å². The summed E-state index contributed by atoms with van der Waals surface area (Å²) in [4.78, 5) is 10.7. The van der Waals surface area contributed by atoms with Crippen molar-refractivity contribution in [2.24, 2.45) is 5.92 Å². The van der Waals surface area contributed by atoms with Gasteiger partial charge in [0.15, 0.2) is 0 Å². The summed E-state index contributed by atoms with van der Waals surface area (Å²) in [5.74, 6) is 0.479. The first-order valence-electron chi connectivity index (χ1n) is 5.31. The highest BCUT2D eigenvalue weighted by Crippen LogP contribution is 2.22. The maximum absolute atomic E-state index is 10.7. The highest BCUT2D eigenvalue weighted by atomic mass is 16.5. The standard InChI is InChI=1S/C11H19NO2/c1-14-11(13)7-8-12-9-10-5-3-2-4-6-10/h7-8,10,12H,2-6,9H2,1H3/b8-7+. The zero-order valence-corrected chi connectivity index (χ0v) is 8.79. The van der Waals surface area contributed by atoms with E-state index in [0.29, 0.717) is 0 Å². The normalized spacial score (nSPS) is 18.4. The van der Waals surface area contributed by atoms with Gasteiger partial charge in [-0.1, -0.05) is 19.3 Å². The zero-order chi connectivity index (χ0) is 10.2. The van der Waals surface area contributed by atoms with E-state index >= 15 is 0 Å². The lowest BCUT2D eigenvalue weighted by atomic mass is 9.89. The SMILES string of the molecule is COC(=O)/C=C/NCC1CCCCC1. The van der Waals surface area contributed by atoms with Crippen molar-refractivity contribution in [3.63, 3.8) is 0 Å². The van der Waals surface area contributed by atoms with Gasteiger partial charge in [0.2, 0.25) is 0 Å². The van der Waals surface area contributed by atoms with Crippen LogP contribution < -0.4 is 5.32 Å². The van der Waals surface area contributed by atoms with Crippen molar-refractivity contribution in [3.8, 4) is 0 Å². The second-order valence-electron chi connectivity index (χ2n) is 3.77. The molecule has 0 aromatic carbocycles. The summed E-state index contributed by atoms with van der Waals surface area (Å²) in [6.07, 6.45) is 9.83. The van der Waals surface area contributed by atoms with E-state index in [2.05, 4.69) is 10.1 Å². The number of nitrogens with one attached hydrogen (secondary N) is 1. The predicted molar refractivity (Wildman–Crippen MR) is 55.7 cm³/mol. The van der Waals surface area contributed by atoms with Gasteiger partial charge in [-0.05, 0) is 18.8 Å². The fraction of sp³-hybridized carbons (Fsp3) is 0.727. The Labute approximate surface area is 85.5 Å². The summed E-state index contributed by atoms with van der Waals surface area (Å²) in [7, 11) is 1.38. The van der Waals surface area contributed by atoms with E-state index in [1.54, 1.807) is 6.20 Å². The van der Waals surface area contributed by atoms with Crippen molar-refractivity contribution in [1.29, 1.82) is 0 Å². The Kier molecular flexibility index (Phi) is 5.12. The molecule has 0 unspecified atom stereocenters. The van der Waals surface area contributed by atoms with Gasteiger partial charge in [0, 0.05) is 18.8 Å². The molecule has 1 fully saturated rings. The molecule has 0 saturated heterocycles. The number of hydrogen-bond donors (Lipinski definition) is 1. The molecule has 0 amide bonds. The molecular formula is C11H19NO2. The molecule has 0 heterocycles. The molecule has 0 radical (unpaired) electrons. The topological polar surface area (TPSA) is 38.3 Å². The van der Waals surface area contributed by atoms with E-state index in [1.807, 2.05) is 0 Å². The van der Waals surface area contributed by atoms with Gasteiger partial charge < -0.3 is 10.1 Å². The molecule has 0 aromatic heterocycles. The zero-order valence-electron chi connectivity index (χ0n) is 8.79. The molecule has 0 aliphatic heterocycles. The molecule has 1 N–H and O–H groups in total. The number of hydrogen-bond acceptors (Lipinski definition) is 3. The molecule has 14 heavy (non-hydrogen) atoms. The lowest BCUT2D eigenvalue weighted by molar-refractivity contribution is -0.134. The van der Waals surface area contributed by atoms with Crippen molar-refractivity contribution in [2.45, 2.75) is 32.1 Å². The molecule has 0 atom stereocenters. The van der Waals surface area contributed by atoms with Crippen LogP contribution in [0.3, 0.4) is 0 Å². The fourth-order valence-electron chi connectivity index (χ4n) is 1.82. The van der Waals surface area contributed by atoms with Crippen molar-refractivity contribution in [2.75, 3.05) is 13.7 Å². The van der Waals surface area contributed by atoms with Crippen LogP contribution in [0.1, 0.15) is 32.1 Å². The van der Waals surface area contributed by atoms with Gasteiger partial charge in [0.1, 0.15) is 0 Å². The van der Waals surface area contributed by atoms with E-state index in [9.17, 15) is 4.79 Å². The number of ether oxygens (including phenoxy) is 1. The van der Waals surface area contributed by atoms with Gasteiger partial charge in [0.05, 0.1) is 7.11 Å². The first kappa shape index (κ1) is 11.1. The number of esters is 1. The lowest BCUT2D eigenvalue weighted by Crippen LogP contribution is -2.20. The predicted octanol–water partition coefficient (Wildman–Crippen LogP) is 1.84. The Bertz CT molecular complexity index is 195. The maximum atomic E-state index is 10.7. The van der Waals surface area contributed by atoms with Gasteiger partial charge >= 0.3 is 5.97 Å². The van der Waals surface area contributed by atoms with Gasteiger partial charge in [-0.15, -0.1) is 0 Å². The Morgan fingerprint density at radius 2 is 2.14 bits per heavy atom. The van der Waals surface area contributed by atoms with E-state index in [4.69, 9.17) is 0 Å². The van der Waals surface area contributed by atoms with Gasteiger partial charge in [-0.2, -0.15) is 0 Å². The summed E-state index contributed by atoms with van der Waals surface area (Å²) < 4.78 is 4.48. The minimum Gasteiger partial charge on any atom is -0.466 e. The Morgan fingerprint density at radius 1 is 1.43 bits per heavy atom. The van der Waals surface area contributed by atoms with Crippen molar-refractivity contribution in [3.05, 3.63) is 12.3 Å². The quantitative estimate of drug-likeness (QED) is 0.552. The number of methoxy groups -OCH3 is 1.